The van der Waals surface area contributed by atoms with Gasteiger partial charge in [-0.15, -0.1) is 0 Å². The summed E-state index contributed by atoms with van der Waals surface area (Å²) in [6.45, 7) is 9.77. The molecule has 0 aromatic heterocycles. The van der Waals surface area contributed by atoms with Gasteiger partial charge in [0.1, 0.15) is 0 Å². The van der Waals surface area contributed by atoms with Crippen LogP contribution in [0.3, 0.4) is 0 Å². The molecule has 0 heterocycles. The standard InChI is InChI=1S/C15H25BrN2/c1-11(17)14(15(2,3)4)18(5)10-12-6-8-13(16)9-7-12/h6-9,11,14H,10,17H2,1-5H3. The number of halogens is 1. The van der Waals surface area contributed by atoms with Gasteiger partial charge in [0.25, 0.3) is 0 Å². The van der Waals surface area contributed by atoms with E-state index in [2.05, 4.69) is 79.8 Å². The van der Waals surface area contributed by atoms with Crippen LogP contribution in [0.2, 0.25) is 0 Å². The lowest BCUT2D eigenvalue weighted by atomic mass is 9.82. The molecule has 1 aromatic rings. The molecular weight excluding hydrogens is 288 g/mol. The van der Waals surface area contributed by atoms with Crippen molar-refractivity contribution in [2.75, 3.05) is 7.05 Å². The Morgan fingerprint density at radius 1 is 1.22 bits per heavy atom. The highest BCUT2D eigenvalue weighted by atomic mass is 79.9. The Labute approximate surface area is 120 Å². The number of rotatable bonds is 4. The molecule has 0 saturated heterocycles. The van der Waals surface area contributed by atoms with Crippen LogP contribution < -0.4 is 5.73 Å². The Balaban J connectivity index is 2.79. The van der Waals surface area contributed by atoms with Gasteiger partial charge in [-0.25, -0.2) is 0 Å². The zero-order chi connectivity index (χ0) is 13.9. The quantitative estimate of drug-likeness (QED) is 0.919. The minimum atomic E-state index is 0.158. The molecule has 2 unspecified atom stereocenters. The Morgan fingerprint density at radius 3 is 2.11 bits per heavy atom. The highest BCUT2D eigenvalue weighted by Gasteiger charge is 2.31. The first kappa shape index (κ1) is 15.7. The van der Waals surface area contributed by atoms with Gasteiger partial charge in [0, 0.05) is 23.1 Å². The first-order chi connectivity index (χ1) is 8.21. The second kappa shape index (κ2) is 6.18. The normalized spacial score (nSPS) is 15.8. The zero-order valence-electron chi connectivity index (χ0n) is 12.1. The summed E-state index contributed by atoms with van der Waals surface area (Å²) in [6.07, 6.45) is 0. The highest BCUT2D eigenvalue weighted by Crippen LogP contribution is 2.26. The van der Waals surface area contributed by atoms with Gasteiger partial charge in [-0.3, -0.25) is 4.90 Å². The third kappa shape index (κ3) is 4.38. The third-order valence-corrected chi connectivity index (χ3v) is 3.73. The second-order valence-corrected chi connectivity index (χ2v) is 7.13. The van der Waals surface area contributed by atoms with Crippen LogP contribution >= 0.6 is 15.9 Å². The van der Waals surface area contributed by atoms with Gasteiger partial charge in [0.05, 0.1) is 0 Å². The van der Waals surface area contributed by atoms with Gasteiger partial charge < -0.3 is 5.73 Å². The SMILES string of the molecule is CC(N)C(N(C)Cc1ccc(Br)cc1)C(C)(C)C. The van der Waals surface area contributed by atoms with E-state index in [0.717, 1.165) is 11.0 Å². The molecule has 1 aromatic carbocycles. The molecule has 0 spiro atoms. The van der Waals surface area contributed by atoms with E-state index in [1.54, 1.807) is 0 Å². The molecule has 0 saturated carbocycles. The minimum Gasteiger partial charge on any atom is -0.327 e. The van der Waals surface area contributed by atoms with E-state index in [1.807, 2.05) is 0 Å². The van der Waals surface area contributed by atoms with Gasteiger partial charge in [-0.05, 0) is 37.1 Å². The van der Waals surface area contributed by atoms with Crippen molar-refractivity contribution in [3.05, 3.63) is 34.3 Å². The first-order valence-electron chi connectivity index (χ1n) is 6.42. The van der Waals surface area contributed by atoms with Crippen molar-refractivity contribution in [3.8, 4) is 0 Å². The molecule has 2 atom stereocenters. The molecule has 0 amide bonds. The van der Waals surface area contributed by atoms with Crippen molar-refractivity contribution >= 4 is 15.9 Å². The van der Waals surface area contributed by atoms with Crippen LogP contribution in [-0.4, -0.2) is 24.0 Å². The van der Waals surface area contributed by atoms with Crippen LogP contribution in [0.4, 0.5) is 0 Å². The van der Waals surface area contributed by atoms with Gasteiger partial charge >= 0.3 is 0 Å². The Morgan fingerprint density at radius 2 is 1.72 bits per heavy atom. The fraction of sp³-hybridized carbons (Fsp3) is 0.600. The van der Waals surface area contributed by atoms with Crippen LogP contribution in [0.25, 0.3) is 0 Å². The van der Waals surface area contributed by atoms with Gasteiger partial charge in [-0.2, -0.15) is 0 Å². The fourth-order valence-corrected chi connectivity index (χ4v) is 3.09. The van der Waals surface area contributed by atoms with Crippen molar-refractivity contribution < 1.29 is 0 Å². The summed E-state index contributed by atoms with van der Waals surface area (Å²) in [5, 5.41) is 0. The average Bonchev–Trinajstić information content (AvgIpc) is 2.18. The summed E-state index contributed by atoms with van der Waals surface area (Å²) >= 11 is 3.46. The van der Waals surface area contributed by atoms with Crippen molar-refractivity contribution in [2.45, 2.75) is 46.3 Å². The van der Waals surface area contributed by atoms with Gasteiger partial charge in [0.2, 0.25) is 0 Å². The topological polar surface area (TPSA) is 29.3 Å². The fourth-order valence-electron chi connectivity index (χ4n) is 2.83. The zero-order valence-corrected chi connectivity index (χ0v) is 13.7. The van der Waals surface area contributed by atoms with Gasteiger partial charge in [-0.1, -0.05) is 48.8 Å². The number of likely N-dealkylation sites (N-methyl/N-ethyl adjacent to an activating group) is 1. The summed E-state index contributed by atoms with van der Waals surface area (Å²) in [4.78, 5) is 2.36. The lowest BCUT2D eigenvalue weighted by Gasteiger charge is -2.40. The highest BCUT2D eigenvalue weighted by molar-refractivity contribution is 9.10. The van der Waals surface area contributed by atoms with E-state index >= 15 is 0 Å². The number of nitrogens with two attached hydrogens (primary N) is 1. The summed E-state index contributed by atoms with van der Waals surface area (Å²) in [6, 6.07) is 9.00. The molecule has 0 bridgehead atoms. The molecule has 2 N–H and O–H groups in total. The van der Waals surface area contributed by atoms with Crippen LogP contribution in [0.1, 0.15) is 33.3 Å². The van der Waals surface area contributed by atoms with E-state index in [9.17, 15) is 0 Å². The molecule has 18 heavy (non-hydrogen) atoms. The Bertz CT molecular complexity index is 365. The van der Waals surface area contributed by atoms with Crippen LogP contribution in [0, 0.1) is 5.41 Å². The molecule has 0 aliphatic heterocycles. The molecule has 0 radical (unpaired) electrons. The van der Waals surface area contributed by atoms with E-state index in [1.165, 1.54) is 5.56 Å². The monoisotopic (exact) mass is 312 g/mol. The maximum Gasteiger partial charge on any atom is 0.0293 e. The second-order valence-electron chi connectivity index (χ2n) is 6.21. The van der Waals surface area contributed by atoms with Crippen molar-refractivity contribution in [3.63, 3.8) is 0 Å². The summed E-state index contributed by atoms with van der Waals surface area (Å²) in [5.41, 5.74) is 7.65. The molecule has 102 valence electrons. The Kier molecular flexibility index (Phi) is 5.38. The number of nitrogens with zero attached hydrogens (tertiary/aromatic N) is 1. The lowest BCUT2D eigenvalue weighted by Crippen LogP contribution is -2.51. The molecule has 0 aliphatic rings. The maximum atomic E-state index is 6.15. The van der Waals surface area contributed by atoms with E-state index < -0.39 is 0 Å². The molecule has 3 heteroatoms. The molecule has 2 nitrogen and oxygen atoms in total. The van der Waals surface area contributed by atoms with Crippen LogP contribution in [-0.2, 0) is 6.54 Å². The minimum absolute atomic E-state index is 0.158. The predicted octanol–water partition coefficient (Wildman–Crippen LogP) is 3.64. The smallest absolute Gasteiger partial charge is 0.0293 e. The largest absolute Gasteiger partial charge is 0.327 e. The maximum absolute atomic E-state index is 6.15. The van der Waals surface area contributed by atoms with Crippen molar-refractivity contribution in [1.29, 1.82) is 0 Å². The first-order valence-corrected chi connectivity index (χ1v) is 7.21. The van der Waals surface area contributed by atoms with Gasteiger partial charge in [0.15, 0.2) is 0 Å². The molecule has 1 rings (SSSR count). The van der Waals surface area contributed by atoms with E-state index in [4.69, 9.17) is 5.73 Å². The average molecular weight is 313 g/mol. The Hall–Kier alpha value is -0.380. The third-order valence-electron chi connectivity index (χ3n) is 3.21. The summed E-state index contributed by atoms with van der Waals surface area (Å²) in [5.74, 6) is 0. The summed E-state index contributed by atoms with van der Waals surface area (Å²) < 4.78 is 1.12. The molecule has 0 aliphatic carbocycles. The van der Waals surface area contributed by atoms with Crippen molar-refractivity contribution in [2.24, 2.45) is 11.1 Å². The number of benzene rings is 1. The van der Waals surface area contributed by atoms with E-state index in [-0.39, 0.29) is 11.5 Å². The predicted molar refractivity (Wildman–Crippen MR) is 82.5 cm³/mol. The van der Waals surface area contributed by atoms with Crippen molar-refractivity contribution in [1.82, 2.24) is 4.90 Å². The summed E-state index contributed by atoms with van der Waals surface area (Å²) in [7, 11) is 2.15. The molecule has 0 fully saturated rings. The van der Waals surface area contributed by atoms with Crippen LogP contribution in [0.15, 0.2) is 28.7 Å². The van der Waals surface area contributed by atoms with Crippen LogP contribution in [0.5, 0.6) is 0 Å². The number of hydrogen-bond donors (Lipinski definition) is 1. The van der Waals surface area contributed by atoms with E-state index in [0.29, 0.717) is 6.04 Å². The number of hydrogen-bond acceptors (Lipinski definition) is 2. The molecular formula is C15H25BrN2. The lowest BCUT2D eigenvalue weighted by molar-refractivity contribution is 0.100.